The molecular formula is C19H32ClN3O4S. The fourth-order valence-corrected chi connectivity index (χ4v) is 4.83. The van der Waals surface area contributed by atoms with Crippen LogP contribution in [-0.2, 0) is 14.8 Å². The number of carbonyl (C=O) groups excluding carboxylic acids is 1. The molecule has 1 heterocycles. The molecule has 1 aliphatic rings. The molecule has 0 spiro atoms. The highest BCUT2D eigenvalue weighted by Crippen LogP contribution is 2.31. The number of amides is 1. The predicted octanol–water partition coefficient (Wildman–Crippen LogP) is 2.99. The van der Waals surface area contributed by atoms with Crippen LogP contribution in [0.15, 0.2) is 23.1 Å². The first-order valence-corrected chi connectivity index (χ1v) is 11.0. The van der Waals surface area contributed by atoms with E-state index in [0.717, 1.165) is 19.3 Å². The van der Waals surface area contributed by atoms with Gasteiger partial charge in [0, 0.05) is 18.8 Å². The van der Waals surface area contributed by atoms with Gasteiger partial charge in [0.05, 0.1) is 12.6 Å². The summed E-state index contributed by atoms with van der Waals surface area (Å²) in [5.74, 6) is 0.267. The Bertz CT molecular complexity index is 750. The Labute approximate surface area is 174 Å². The van der Waals surface area contributed by atoms with Crippen LogP contribution in [0.2, 0.25) is 0 Å². The summed E-state index contributed by atoms with van der Waals surface area (Å²) < 4.78 is 33.2. The fourth-order valence-electron chi connectivity index (χ4n) is 3.16. The minimum Gasteiger partial charge on any atom is -0.492 e. The summed E-state index contributed by atoms with van der Waals surface area (Å²) in [5.41, 5.74) is 6.32. The first kappa shape index (κ1) is 24.7. The Morgan fingerprint density at radius 3 is 2.46 bits per heavy atom. The molecule has 2 rings (SSSR count). The molecule has 9 heteroatoms. The number of hydrogen-bond donors (Lipinski definition) is 2. The normalized spacial score (nSPS) is 16.3. The molecule has 1 aromatic carbocycles. The van der Waals surface area contributed by atoms with Crippen LogP contribution >= 0.6 is 12.4 Å². The molecule has 28 heavy (non-hydrogen) atoms. The van der Waals surface area contributed by atoms with Gasteiger partial charge in [-0.05, 0) is 50.3 Å². The maximum atomic E-state index is 13.1. The predicted molar refractivity (Wildman–Crippen MR) is 114 cm³/mol. The molecule has 0 radical (unpaired) electrons. The zero-order valence-corrected chi connectivity index (χ0v) is 18.4. The SMILES string of the molecule is CCOc1ccc(NC(=O)[C@@H](N)CC(C)C)cc1S(=O)(=O)N1CCCCC1.Cl. The average Bonchev–Trinajstić information content (AvgIpc) is 2.63. The Hall–Kier alpha value is -1.35. The Morgan fingerprint density at radius 1 is 1.25 bits per heavy atom. The Balaban J connectivity index is 0.00000392. The third-order valence-corrected chi connectivity index (χ3v) is 6.43. The van der Waals surface area contributed by atoms with Crippen molar-refractivity contribution in [3.8, 4) is 5.75 Å². The lowest BCUT2D eigenvalue weighted by atomic mass is 10.0. The number of sulfonamides is 1. The number of hydrogen-bond acceptors (Lipinski definition) is 5. The maximum absolute atomic E-state index is 13.1. The molecule has 1 aliphatic heterocycles. The molecule has 0 aliphatic carbocycles. The lowest BCUT2D eigenvalue weighted by Crippen LogP contribution is -2.37. The van der Waals surface area contributed by atoms with Crippen LogP contribution in [0, 0.1) is 5.92 Å². The zero-order chi connectivity index (χ0) is 20.0. The smallest absolute Gasteiger partial charge is 0.246 e. The summed E-state index contributed by atoms with van der Waals surface area (Å²) in [6, 6.07) is 4.05. The van der Waals surface area contributed by atoms with E-state index in [1.54, 1.807) is 19.1 Å². The van der Waals surface area contributed by atoms with Crippen LogP contribution in [0.5, 0.6) is 5.75 Å². The molecule has 1 amide bonds. The number of ether oxygens (including phenoxy) is 1. The van der Waals surface area contributed by atoms with E-state index in [4.69, 9.17) is 10.5 Å². The van der Waals surface area contributed by atoms with Crippen molar-refractivity contribution in [3.63, 3.8) is 0 Å². The third kappa shape index (κ3) is 6.34. The fraction of sp³-hybridized carbons (Fsp3) is 0.632. The standard InChI is InChI=1S/C19H31N3O4S.ClH/c1-4-26-17-9-8-15(21-19(23)16(20)12-14(2)3)13-18(17)27(24,25)22-10-6-5-7-11-22;/h8-9,13-14,16H,4-7,10-12,20H2,1-3H3,(H,21,23);1H/t16-;/m0./s1. The van der Waals surface area contributed by atoms with Gasteiger partial charge in [0.25, 0.3) is 0 Å². The topological polar surface area (TPSA) is 102 Å². The molecule has 1 fully saturated rings. The van der Waals surface area contributed by atoms with E-state index >= 15 is 0 Å². The number of nitrogens with one attached hydrogen (secondary N) is 1. The number of nitrogens with two attached hydrogens (primary N) is 1. The molecule has 1 aromatic rings. The highest BCUT2D eigenvalue weighted by Gasteiger charge is 2.29. The minimum atomic E-state index is -3.69. The number of rotatable bonds is 8. The van der Waals surface area contributed by atoms with Gasteiger partial charge in [-0.15, -0.1) is 12.4 Å². The van der Waals surface area contributed by atoms with Gasteiger partial charge in [-0.25, -0.2) is 8.42 Å². The molecule has 3 N–H and O–H groups in total. The van der Waals surface area contributed by atoms with Crippen molar-refractivity contribution in [3.05, 3.63) is 18.2 Å². The van der Waals surface area contributed by atoms with E-state index in [0.29, 0.717) is 43.5 Å². The molecule has 0 saturated carbocycles. The molecule has 0 unspecified atom stereocenters. The van der Waals surface area contributed by atoms with Crippen molar-refractivity contribution < 1.29 is 17.9 Å². The molecule has 0 aromatic heterocycles. The number of carbonyl (C=O) groups is 1. The lowest BCUT2D eigenvalue weighted by molar-refractivity contribution is -0.117. The van der Waals surface area contributed by atoms with E-state index in [-0.39, 0.29) is 23.2 Å². The molecular weight excluding hydrogens is 402 g/mol. The van der Waals surface area contributed by atoms with Crippen molar-refractivity contribution in [1.29, 1.82) is 0 Å². The Morgan fingerprint density at radius 2 is 1.89 bits per heavy atom. The summed E-state index contributed by atoms with van der Waals surface area (Å²) in [7, 11) is -3.69. The molecule has 7 nitrogen and oxygen atoms in total. The number of benzene rings is 1. The highest BCUT2D eigenvalue weighted by atomic mass is 35.5. The zero-order valence-electron chi connectivity index (χ0n) is 16.8. The average molecular weight is 434 g/mol. The molecule has 1 atom stereocenters. The number of halogens is 1. The van der Waals surface area contributed by atoms with Crippen molar-refractivity contribution in [2.75, 3.05) is 25.0 Å². The second kappa shape index (κ2) is 11.0. The quantitative estimate of drug-likeness (QED) is 0.656. The monoisotopic (exact) mass is 433 g/mol. The number of piperidine rings is 1. The van der Waals surface area contributed by atoms with Crippen LogP contribution in [0.3, 0.4) is 0 Å². The van der Waals surface area contributed by atoms with Crippen molar-refractivity contribution in [2.24, 2.45) is 11.7 Å². The molecule has 0 bridgehead atoms. The van der Waals surface area contributed by atoms with Gasteiger partial charge in [-0.3, -0.25) is 4.79 Å². The van der Waals surface area contributed by atoms with Gasteiger partial charge < -0.3 is 15.8 Å². The summed E-state index contributed by atoms with van der Waals surface area (Å²) in [6.07, 6.45) is 3.29. The summed E-state index contributed by atoms with van der Waals surface area (Å²) >= 11 is 0. The van der Waals surface area contributed by atoms with Crippen LogP contribution < -0.4 is 15.8 Å². The second-order valence-corrected chi connectivity index (χ2v) is 9.19. The van der Waals surface area contributed by atoms with E-state index in [9.17, 15) is 13.2 Å². The highest BCUT2D eigenvalue weighted by molar-refractivity contribution is 7.89. The summed E-state index contributed by atoms with van der Waals surface area (Å²) in [4.78, 5) is 12.4. The maximum Gasteiger partial charge on any atom is 0.246 e. The number of anilines is 1. The van der Waals surface area contributed by atoms with E-state index in [1.807, 2.05) is 13.8 Å². The van der Waals surface area contributed by atoms with Crippen LogP contribution in [0.4, 0.5) is 5.69 Å². The van der Waals surface area contributed by atoms with Crippen molar-refractivity contribution in [1.82, 2.24) is 4.31 Å². The summed E-state index contributed by atoms with van der Waals surface area (Å²) in [6.45, 7) is 7.15. The largest absolute Gasteiger partial charge is 0.492 e. The summed E-state index contributed by atoms with van der Waals surface area (Å²) in [5, 5.41) is 2.73. The second-order valence-electron chi connectivity index (χ2n) is 7.28. The first-order valence-electron chi connectivity index (χ1n) is 9.59. The van der Waals surface area contributed by atoms with Gasteiger partial charge in [0.1, 0.15) is 10.6 Å². The van der Waals surface area contributed by atoms with Crippen molar-refractivity contribution >= 4 is 34.0 Å². The van der Waals surface area contributed by atoms with Crippen molar-refractivity contribution in [2.45, 2.75) is 57.4 Å². The molecule has 160 valence electrons. The van der Waals surface area contributed by atoms with Gasteiger partial charge >= 0.3 is 0 Å². The Kier molecular flexibility index (Phi) is 9.69. The van der Waals surface area contributed by atoms with Gasteiger partial charge in [0.2, 0.25) is 15.9 Å². The van der Waals surface area contributed by atoms with Gasteiger partial charge in [-0.2, -0.15) is 4.31 Å². The van der Waals surface area contributed by atoms with Crippen LogP contribution in [0.25, 0.3) is 0 Å². The number of nitrogens with zero attached hydrogens (tertiary/aromatic N) is 1. The van der Waals surface area contributed by atoms with Crippen LogP contribution in [0.1, 0.15) is 46.5 Å². The third-order valence-electron chi connectivity index (χ3n) is 4.51. The van der Waals surface area contributed by atoms with Gasteiger partial charge in [-0.1, -0.05) is 20.3 Å². The van der Waals surface area contributed by atoms with Gasteiger partial charge in [0.15, 0.2) is 0 Å². The van der Waals surface area contributed by atoms with E-state index < -0.39 is 16.1 Å². The molecule has 1 saturated heterocycles. The van der Waals surface area contributed by atoms with E-state index in [2.05, 4.69) is 5.32 Å². The van der Waals surface area contributed by atoms with Crippen LogP contribution in [-0.4, -0.2) is 44.4 Å². The lowest BCUT2D eigenvalue weighted by Gasteiger charge is -2.27. The minimum absolute atomic E-state index is 0. The first-order chi connectivity index (χ1) is 12.8. The van der Waals surface area contributed by atoms with E-state index in [1.165, 1.54) is 10.4 Å².